The Balaban J connectivity index is 1.72. The van der Waals surface area contributed by atoms with Gasteiger partial charge in [0.05, 0.1) is 12.4 Å². The van der Waals surface area contributed by atoms with Gasteiger partial charge in [0.25, 0.3) is 0 Å². The van der Waals surface area contributed by atoms with Crippen LogP contribution in [0.1, 0.15) is 19.8 Å². The first kappa shape index (κ1) is 19.5. The third-order valence-corrected chi connectivity index (χ3v) is 5.20. The Morgan fingerprint density at radius 1 is 1.28 bits per heavy atom. The summed E-state index contributed by atoms with van der Waals surface area (Å²) in [6.07, 6.45) is 0.713. The molecular weight excluding hydrogens is 351 g/mol. The lowest BCUT2D eigenvalue weighted by molar-refractivity contribution is 0.0966. The van der Waals surface area contributed by atoms with Gasteiger partial charge >= 0.3 is 6.09 Å². The van der Waals surface area contributed by atoms with Gasteiger partial charge in [0.2, 0.25) is 10.0 Å². The monoisotopic (exact) mass is 374 g/mol. The fraction of sp³-hybridized carbons (Fsp3) is 0.562. The maximum atomic E-state index is 12.8. The summed E-state index contributed by atoms with van der Waals surface area (Å²) in [6.45, 7) is 2.95. The van der Waals surface area contributed by atoms with Gasteiger partial charge in [-0.2, -0.15) is 0 Å². The van der Waals surface area contributed by atoms with Crippen LogP contribution in [-0.2, 0) is 14.8 Å². The molecule has 25 heavy (non-hydrogen) atoms. The third-order valence-electron chi connectivity index (χ3n) is 3.80. The minimum absolute atomic E-state index is 0.0252. The minimum Gasteiger partial charge on any atom is -0.492 e. The van der Waals surface area contributed by atoms with Crippen molar-refractivity contribution in [3.8, 4) is 5.75 Å². The van der Waals surface area contributed by atoms with Crippen LogP contribution in [0.2, 0.25) is 0 Å². The van der Waals surface area contributed by atoms with Crippen molar-refractivity contribution >= 4 is 16.1 Å². The molecule has 1 fully saturated rings. The smallest absolute Gasteiger partial charge is 0.409 e. The summed E-state index contributed by atoms with van der Waals surface area (Å²) in [5.41, 5.74) is 0. The summed E-state index contributed by atoms with van der Waals surface area (Å²) in [5, 5.41) is 0. The highest BCUT2D eigenvalue weighted by molar-refractivity contribution is 7.89. The van der Waals surface area contributed by atoms with Crippen LogP contribution in [0.15, 0.2) is 24.3 Å². The minimum atomic E-state index is -3.49. The van der Waals surface area contributed by atoms with Crippen LogP contribution in [-0.4, -0.2) is 57.5 Å². The fourth-order valence-corrected chi connectivity index (χ4v) is 3.67. The molecule has 9 heteroatoms. The highest BCUT2D eigenvalue weighted by Gasteiger charge is 2.26. The highest BCUT2D eigenvalue weighted by Crippen LogP contribution is 2.13. The lowest BCUT2D eigenvalue weighted by atomic mass is 10.1. The summed E-state index contributed by atoms with van der Waals surface area (Å²) in [4.78, 5) is 13.2. The molecule has 1 aromatic carbocycles. The average Bonchev–Trinajstić information content (AvgIpc) is 2.57. The number of sulfonamides is 1. The first-order valence-electron chi connectivity index (χ1n) is 8.19. The number of rotatable bonds is 7. The number of carbonyl (C=O) groups is 1. The van der Waals surface area contributed by atoms with Crippen LogP contribution in [0.25, 0.3) is 0 Å². The molecule has 0 atom stereocenters. The highest BCUT2D eigenvalue weighted by atomic mass is 32.2. The second-order valence-electron chi connectivity index (χ2n) is 5.70. The number of likely N-dealkylation sites (tertiary alicyclic amines) is 1. The summed E-state index contributed by atoms with van der Waals surface area (Å²) in [6, 6.07) is 5.18. The van der Waals surface area contributed by atoms with E-state index in [-0.39, 0.29) is 30.3 Å². The van der Waals surface area contributed by atoms with E-state index in [0.717, 1.165) is 0 Å². The van der Waals surface area contributed by atoms with Gasteiger partial charge in [-0.25, -0.2) is 22.3 Å². The molecule has 1 N–H and O–H groups in total. The fourth-order valence-electron chi connectivity index (χ4n) is 2.51. The van der Waals surface area contributed by atoms with Crippen molar-refractivity contribution in [3.05, 3.63) is 30.1 Å². The van der Waals surface area contributed by atoms with Gasteiger partial charge in [-0.15, -0.1) is 0 Å². The third kappa shape index (κ3) is 6.50. The molecule has 1 aliphatic rings. The quantitative estimate of drug-likeness (QED) is 0.786. The Labute approximate surface area is 147 Å². The first-order chi connectivity index (χ1) is 11.9. The van der Waals surface area contributed by atoms with E-state index >= 15 is 0 Å². The van der Waals surface area contributed by atoms with Crippen LogP contribution < -0.4 is 9.46 Å². The van der Waals surface area contributed by atoms with Crippen molar-refractivity contribution in [3.63, 3.8) is 0 Å². The molecule has 0 radical (unpaired) electrons. The zero-order valence-corrected chi connectivity index (χ0v) is 14.9. The molecule has 0 unspecified atom stereocenters. The van der Waals surface area contributed by atoms with E-state index in [4.69, 9.17) is 9.47 Å². The van der Waals surface area contributed by atoms with Crippen molar-refractivity contribution in [2.45, 2.75) is 25.8 Å². The molecule has 140 valence electrons. The zero-order chi connectivity index (χ0) is 18.3. The molecule has 0 spiro atoms. The zero-order valence-electron chi connectivity index (χ0n) is 14.1. The standard InChI is InChI=1S/C16H23FN2O5S/c1-2-23-16(20)19-9-7-14(8-10-19)18-25(21,22)12-11-24-15-5-3-13(17)4-6-15/h3-6,14,18H,2,7-12H2,1H3. The lowest BCUT2D eigenvalue weighted by Crippen LogP contribution is -2.47. The van der Waals surface area contributed by atoms with E-state index in [9.17, 15) is 17.6 Å². The van der Waals surface area contributed by atoms with Crippen LogP contribution in [0.5, 0.6) is 5.75 Å². The number of benzene rings is 1. The number of hydrogen-bond donors (Lipinski definition) is 1. The topological polar surface area (TPSA) is 84.9 Å². The van der Waals surface area contributed by atoms with Crippen molar-refractivity contribution < 1.29 is 27.1 Å². The molecule has 0 bridgehead atoms. The Morgan fingerprint density at radius 3 is 2.52 bits per heavy atom. The Morgan fingerprint density at radius 2 is 1.92 bits per heavy atom. The number of amides is 1. The molecule has 2 rings (SSSR count). The summed E-state index contributed by atoms with van der Waals surface area (Å²) >= 11 is 0. The number of halogens is 1. The summed E-state index contributed by atoms with van der Waals surface area (Å²) in [7, 11) is -3.49. The largest absolute Gasteiger partial charge is 0.492 e. The molecule has 1 saturated heterocycles. The molecule has 1 amide bonds. The Bertz CT molecular complexity index is 658. The van der Waals surface area contributed by atoms with E-state index in [0.29, 0.717) is 38.3 Å². The predicted octanol–water partition coefficient (Wildman–Crippen LogP) is 1.74. The molecule has 1 aliphatic heterocycles. The molecule has 1 heterocycles. The summed E-state index contributed by atoms with van der Waals surface area (Å²) < 4.78 is 49.9. The second-order valence-corrected chi connectivity index (χ2v) is 7.57. The van der Waals surface area contributed by atoms with E-state index < -0.39 is 10.0 Å². The molecular formula is C16H23FN2O5S. The average molecular weight is 374 g/mol. The van der Waals surface area contributed by atoms with E-state index in [1.807, 2.05) is 0 Å². The van der Waals surface area contributed by atoms with Gasteiger partial charge < -0.3 is 14.4 Å². The van der Waals surface area contributed by atoms with Crippen LogP contribution in [0.3, 0.4) is 0 Å². The SMILES string of the molecule is CCOC(=O)N1CCC(NS(=O)(=O)CCOc2ccc(F)cc2)CC1. The maximum Gasteiger partial charge on any atom is 0.409 e. The van der Waals surface area contributed by atoms with Gasteiger partial charge in [-0.3, -0.25) is 0 Å². The number of nitrogens with zero attached hydrogens (tertiary/aromatic N) is 1. The number of nitrogens with one attached hydrogen (secondary N) is 1. The van der Waals surface area contributed by atoms with Crippen molar-refractivity contribution in [1.29, 1.82) is 0 Å². The summed E-state index contributed by atoms with van der Waals surface area (Å²) in [5.74, 6) is -0.155. The number of piperidine rings is 1. The molecule has 0 saturated carbocycles. The molecule has 7 nitrogen and oxygen atoms in total. The van der Waals surface area contributed by atoms with Gasteiger partial charge in [-0.1, -0.05) is 0 Å². The van der Waals surface area contributed by atoms with E-state index in [2.05, 4.69) is 4.72 Å². The van der Waals surface area contributed by atoms with Crippen molar-refractivity contribution in [1.82, 2.24) is 9.62 Å². The van der Waals surface area contributed by atoms with Gasteiger partial charge in [0, 0.05) is 19.1 Å². The van der Waals surface area contributed by atoms with Gasteiger partial charge in [0.15, 0.2) is 0 Å². The number of carbonyl (C=O) groups excluding carboxylic acids is 1. The molecule has 0 aliphatic carbocycles. The van der Waals surface area contributed by atoms with Crippen LogP contribution >= 0.6 is 0 Å². The maximum absolute atomic E-state index is 12.8. The number of ether oxygens (including phenoxy) is 2. The number of hydrogen-bond acceptors (Lipinski definition) is 5. The first-order valence-corrected chi connectivity index (χ1v) is 9.85. The predicted molar refractivity (Wildman–Crippen MR) is 90.4 cm³/mol. The molecule has 0 aromatic heterocycles. The Hall–Kier alpha value is -1.87. The van der Waals surface area contributed by atoms with Crippen LogP contribution in [0, 0.1) is 5.82 Å². The lowest BCUT2D eigenvalue weighted by Gasteiger charge is -2.31. The van der Waals surface area contributed by atoms with Crippen molar-refractivity contribution in [2.75, 3.05) is 32.1 Å². The normalized spacial score (nSPS) is 15.8. The van der Waals surface area contributed by atoms with Gasteiger partial charge in [-0.05, 0) is 44.0 Å². The van der Waals surface area contributed by atoms with E-state index in [1.165, 1.54) is 24.3 Å². The van der Waals surface area contributed by atoms with Crippen LogP contribution in [0.4, 0.5) is 9.18 Å². The Kier molecular flexibility index (Phi) is 7.01. The molecule has 1 aromatic rings. The van der Waals surface area contributed by atoms with Gasteiger partial charge in [0.1, 0.15) is 18.2 Å². The second kappa shape index (κ2) is 9.00. The van der Waals surface area contributed by atoms with Crippen molar-refractivity contribution in [2.24, 2.45) is 0 Å². The van der Waals surface area contributed by atoms with E-state index in [1.54, 1.807) is 11.8 Å².